The van der Waals surface area contributed by atoms with E-state index in [1.54, 1.807) is 24.5 Å². The summed E-state index contributed by atoms with van der Waals surface area (Å²) in [5.41, 5.74) is 5.14. The topological polar surface area (TPSA) is 92.5 Å². The lowest BCUT2D eigenvalue weighted by Crippen LogP contribution is -2.00. The fourth-order valence-electron chi connectivity index (χ4n) is 2.04. The molecule has 0 fully saturated rings. The molecule has 0 bridgehead atoms. The lowest BCUT2D eigenvalue weighted by atomic mass is 10.2. The Morgan fingerprint density at radius 3 is 2.79 bits per heavy atom. The maximum Gasteiger partial charge on any atom is 0.263 e. The summed E-state index contributed by atoms with van der Waals surface area (Å²) in [6.45, 7) is 0. The minimum atomic E-state index is 0.0747. The van der Waals surface area contributed by atoms with E-state index in [1.807, 2.05) is 30.3 Å². The summed E-state index contributed by atoms with van der Waals surface area (Å²) >= 11 is 0. The van der Waals surface area contributed by atoms with Crippen LogP contribution < -0.4 is 10.2 Å². The zero-order valence-electron chi connectivity index (χ0n) is 12.9. The Morgan fingerprint density at radius 2 is 2.00 bits per heavy atom. The zero-order valence-corrected chi connectivity index (χ0v) is 12.9. The SMILES string of the molecule is COc1cc(C=NNc2nncc(-c3ccccc3)n2)ccc1O. The number of methoxy groups -OCH3 is 1. The first-order valence-electron chi connectivity index (χ1n) is 7.17. The van der Waals surface area contributed by atoms with Crippen molar-refractivity contribution in [3.05, 3.63) is 60.3 Å². The summed E-state index contributed by atoms with van der Waals surface area (Å²) in [6, 6.07) is 14.6. The fraction of sp³-hybridized carbons (Fsp3) is 0.0588. The number of nitrogens with one attached hydrogen (secondary N) is 1. The van der Waals surface area contributed by atoms with Crippen LogP contribution in [0, 0.1) is 0 Å². The van der Waals surface area contributed by atoms with Crippen LogP contribution in [0.25, 0.3) is 11.3 Å². The van der Waals surface area contributed by atoms with Crippen LogP contribution in [0.1, 0.15) is 5.56 Å². The summed E-state index contributed by atoms with van der Waals surface area (Å²) in [7, 11) is 1.49. The van der Waals surface area contributed by atoms with E-state index < -0.39 is 0 Å². The van der Waals surface area contributed by atoms with Gasteiger partial charge in [0, 0.05) is 5.56 Å². The average Bonchev–Trinajstić information content (AvgIpc) is 2.64. The Kier molecular flexibility index (Phi) is 4.62. The van der Waals surface area contributed by atoms with Gasteiger partial charge >= 0.3 is 0 Å². The Bertz CT molecular complexity index is 853. The molecule has 0 radical (unpaired) electrons. The average molecular weight is 321 g/mol. The van der Waals surface area contributed by atoms with Crippen LogP contribution in [0.15, 0.2) is 59.8 Å². The molecule has 120 valence electrons. The number of nitrogens with zero attached hydrogens (tertiary/aromatic N) is 4. The van der Waals surface area contributed by atoms with Crippen molar-refractivity contribution >= 4 is 12.2 Å². The highest BCUT2D eigenvalue weighted by Gasteiger charge is 2.03. The maximum atomic E-state index is 9.56. The molecular formula is C17H15N5O2. The molecule has 0 saturated carbocycles. The number of anilines is 1. The van der Waals surface area contributed by atoms with Crippen molar-refractivity contribution in [2.75, 3.05) is 12.5 Å². The van der Waals surface area contributed by atoms with Gasteiger partial charge in [-0.25, -0.2) is 10.4 Å². The first kappa shape index (κ1) is 15.4. The third-order valence-electron chi connectivity index (χ3n) is 3.21. The second kappa shape index (κ2) is 7.19. The number of ether oxygens (including phenoxy) is 1. The number of benzene rings is 2. The Balaban J connectivity index is 1.73. The fourth-order valence-corrected chi connectivity index (χ4v) is 2.04. The van der Waals surface area contributed by atoms with E-state index in [2.05, 4.69) is 25.7 Å². The predicted molar refractivity (Wildman–Crippen MR) is 91.1 cm³/mol. The molecule has 0 aliphatic carbocycles. The van der Waals surface area contributed by atoms with Crippen molar-refractivity contribution in [3.63, 3.8) is 0 Å². The maximum absolute atomic E-state index is 9.56. The van der Waals surface area contributed by atoms with Crippen molar-refractivity contribution in [3.8, 4) is 22.8 Å². The van der Waals surface area contributed by atoms with Gasteiger partial charge in [0.25, 0.3) is 5.95 Å². The third kappa shape index (κ3) is 3.64. The van der Waals surface area contributed by atoms with Gasteiger partial charge in [0.1, 0.15) is 0 Å². The Labute approximate surface area is 138 Å². The quantitative estimate of drug-likeness (QED) is 0.554. The standard InChI is InChI=1S/C17H15N5O2/c1-24-16-9-12(7-8-15(16)23)10-18-21-17-20-14(11-19-22-17)13-5-3-2-4-6-13/h2-11,23H,1H3,(H,20,21,22). The number of rotatable bonds is 5. The van der Waals surface area contributed by atoms with Crippen molar-refractivity contribution in [1.82, 2.24) is 15.2 Å². The summed E-state index contributed by atoms with van der Waals surface area (Å²) in [4.78, 5) is 4.36. The van der Waals surface area contributed by atoms with Gasteiger partial charge in [-0.05, 0) is 23.8 Å². The van der Waals surface area contributed by atoms with Gasteiger partial charge in [-0.3, -0.25) is 0 Å². The van der Waals surface area contributed by atoms with E-state index in [9.17, 15) is 5.11 Å². The highest BCUT2D eigenvalue weighted by atomic mass is 16.5. The van der Waals surface area contributed by atoms with E-state index in [4.69, 9.17) is 4.74 Å². The molecule has 0 saturated heterocycles. The second-order valence-electron chi connectivity index (χ2n) is 4.83. The van der Waals surface area contributed by atoms with Gasteiger partial charge in [0.15, 0.2) is 11.5 Å². The Morgan fingerprint density at radius 1 is 1.17 bits per heavy atom. The molecule has 0 amide bonds. The first-order chi connectivity index (χ1) is 11.8. The molecule has 2 N–H and O–H groups in total. The highest BCUT2D eigenvalue weighted by Crippen LogP contribution is 2.25. The van der Waals surface area contributed by atoms with Crippen molar-refractivity contribution < 1.29 is 9.84 Å². The first-order valence-corrected chi connectivity index (χ1v) is 7.17. The molecule has 0 aliphatic heterocycles. The highest BCUT2D eigenvalue weighted by molar-refractivity contribution is 5.81. The smallest absolute Gasteiger partial charge is 0.263 e. The van der Waals surface area contributed by atoms with Gasteiger partial charge < -0.3 is 9.84 Å². The van der Waals surface area contributed by atoms with Gasteiger partial charge in [-0.2, -0.15) is 10.2 Å². The van der Waals surface area contributed by atoms with E-state index >= 15 is 0 Å². The monoisotopic (exact) mass is 321 g/mol. The third-order valence-corrected chi connectivity index (χ3v) is 3.21. The Hall–Kier alpha value is -3.48. The van der Waals surface area contributed by atoms with Crippen molar-refractivity contribution in [2.45, 2.75) is 0 Å². The van der Waals surface area contributed by atoms with Crippen LogP contribution in [-0.4, -0.2) is 33.6 Å². The number of phenols is 1. The predicted octanol–water partition coefficient (Wildman–Crippen LogP) is 2.70. The summed E-state index contributed by atoms with van der Waals surface area (Å²) < 4.78 is 5.05. The number of hydrazone groups is 1. The molecule has 1 heterocycles. The molecule has 24 heavy (non-hydrogen) atoms. The van der Waals surface area contributed by atoms with Crippen LogP contribution in [-0.2, 0) is 0 Å². The molecule has 1 aromatic heterocycles. The van der Waals surface area contributed by atoms with Gasteiger partial charge in [0.2, 0.25) is 0 Å². The largest absolute Gasteiger partial charge is 0.504 e. The van der Waals surface area contributed by atoms with E-state index in [1.165, 1.54) is 13.2 Å². The number of aromatic hydroxyl groups is 1. The molecule has 0 spiro atoms. The minimum Gasteiger partial charge on any atom is -0.504 e. The van der Waals surface area contributed by atoms with Crippen molar-refractivity contribution in [2.24, 2.45) is 5.10 Å². The lowest BCUT2D eigenvalue weighted by Gasteiger charge is -2.04. The number of phenolic OH excluding ortho intramolecular Hbond substituents is 1. The molecule has 3 aromatic rings. The molecule has 7 nitrogen and oxygen atoms in total. The summed E-state index contributed by atoms with van der Waals surface area (Å²) in [5.74, 6) is 0.743. The van der Waals surface area contributed by atoms with Crippen LogP contribution >= 0.6 is 0 Å². The molecule has 2 aromatic carbocycles. The van der Waals surface area contributed by atoms with Gasteiger partial charge in [0.05, 0.1) is 25.2 Å². The zero-order chi connectivity index (χ0) is 16.8. The van der Waals surface area contributed by atoms with Crippen LogP contribution in [0.3, 0.4) is 0 Å². The molecule has 0 atom stereocenters. The van der Waals surface area contributed by atoms with Crippen LogP contribution in [0.4, 0.5) is 5.95 Å². The minimum absolute atomic E-state index is 0.0747. The number of hydrogen-bond acceptors (Lipinski definition) is 7. The normalized spacial score (nSPS) is 10.7. The number of hydrogen-bond donors (Lipinski definition) is 2. The number of aromatic nitrogens is 3. The summed E-state index contributed by atoms with van der Waals surface area (Å²) in [5, 5.41) is 21.5. The van der Waals surface area contributed by atoms with E-state index in [0.29, 0.717) is 17.4 Å². The molecule has 7 heteroatoms. The molecular weight excluding hydrogens is 306 g/mol. The van der Waals surface area contributed by atoms with E-state index in [-0.39, 0.29) is 5.75 Å². The lowest BCUT2D eigenvalue weighted by molar-refractivity contribution is 0.373. The van der Waals surface area contributed by atoms with Gasteiger partial charge in [-0.1, -0.05) is 30.3 Å². The second-order valence-corrected chi connectivity index (χ2v) is 4.83. The van der Waals surface area contributed by atoms with Crippen LogP contribution in [0.5, 0.6) is 11.5 Å². The van der Waals surface area contributed by atoms with Crippen LogP contribution in [0.2, 0.25) is 0 Å². The molecule has 0 aliphatic rings. The molecule has 0 unspecified atom stereocenters. The van der Waals surface area contributed by atoms with E-state index in [0.717, 1.165) is 11.1 Å². The molecule has 3 rings (SSSR count). The van der Waals surface area contributed by atoms with Gasteiger partial charge in [-0.15, -0.1) is 5.10 Å². The van der Waals surface area contributed by atoms with Crippen molar-refractivity contribution in [1.29, 1.82) is 0 Å². The summed E-state index contributed by atoms with van der Waals surface area (Å²) in [6.07, 6.45) is 3.16.